The van der Waals surface area contributed by atoms with Crippen molar-refractivity contribution in [2.45, 2.75) is 50.0 Å². The van der Waals surface area contributed by atoms with Gasteiger partial charge in [-0.1, -0.05) is 54.6 Å². The van der Waals surface area contributed by atoms with E-state index in [9.17, 15) is 27.6 Å². The van der Waals surface area contributed by atoms with Crippen molar-refractivity contribution >= 4 is 17.8 Å². The van der Waals surface area contributed by atoms with Crippen LogP contribution in [0.1, 0.15) is 36.0 Å². The number of nitrogens with zero attached hydrogens (tertiary/aromatic N) is 2. The van der Waals surface area contributed by atoms with E-state index in [-0.39, 0.29) is 6.54 Å². The Morgan fingerprint density at radius 1 is 1.09 bits per heavy atom. The minimum absolute atomic E-state index is 0.252. The molecular formula is C25H24F3N3O3. The number of alkyl halides is 3. The van der Waals surface area contributed by atoms with Gasteiger partial charge in [-0.2, -0.15) is 13.2 Å². The first-order valence-corrected chi connectivity index (χ1v) is 11.3. The number of hydrogen-bond acceptors (Lipinski definition) is 3. The van der Waals surface area contributed by atoms with Crippen LogP contribution < -0.4 is 5.32 Å². The number of fused-ring (bicyclic) bond motifs is 2. The molecule has 4 amide bonds. The van der Waals surface area contributed by atoms with Crippen molar-refractivity contribution in [2.24, 2.45) is 5.92 Å². The molecule has 0 bridgehead atoms. The maximum atomic E-state index is 14.0. The summed E-state index contributed by atoms with van der Waals surface area (Å²) in [5, 5.41) is 2.72. The molecule has 1 spiro atoms. The predicted octanol–water partition coefficient (Wildman–Crippen LogP) is 3.75. The van der Waals surface area contributed by atoms with Gasteiger partial charge in [0, 0.05) is 6.54 Å². The normalized spacial score (nSPS) is 22.6. The van der Waals surface area contributed by atoms with Gasteiger partial charge in [-0.25, -0.2) is 4.79 Å². The summed E-state index contributed by atoms with van der Waals surface area (Å²) in [6, 6.07) is 13.0. The van der Waals surface area contributed by atoms with Crippen molar-refractivity contribution in [3.05, 3.63) is 71.3 Å². The Morgan fingerprint density at radius 2 is 1.76 bits per heavy atom. The molecule has 2 aliphatic carbocycles. The van der Waals surface area contributed by atoms with Gasteiger partial charge in [0.2, 0.25) is 5.91 Å². The molecule has 1 N–H and O–H groups in total. The Labute approximate surface area is 194 Å². The lowest BCUT2D eigenvalue weighted by Gasteiger charge is -2.34. The monoisotopic (exact) mass is 471 g/mol. The molecule has 2 fully saturated rings. The second-order valence-corrected chi connectivity index (χ2v) is 9.22. The highest BCUT2D eigenvalue weighted by Gasteiger charge is 2.57. The van der Waals surface area contributed by atoms with Crippen LogP contribution in [-0.2, 0) is 28.1 Å². The van der Waals surface area contributed by atoms with Gasteiger partial charge < -0.3 is 10.2 Å². The molecule has 1 saturated carbocycles. The number of carbonyl (C=O) groups excluding carboxylic acids is 3. The fourth-order valence-corrected chi connectivity index (χ4v) is 5.19. The maximum absolute atomic E-state index is 14.0. The van der Waals surface area contributed by atoms with E-state index in [1.165, 1.54) is 0 Å². The summed E-state index contributed by atoms with van der Waals surface area (Å²) in [5.74, 6) is -2.17. The van der Waals surface area contributed by atoms with Crippen molar-refractivity contribution in [3.8, 4) is 0 Å². The smallest absolute Gasteiger partial charge is 0.324 e. The van der Waals surface area contributed by atoms with E-state index >= 15 is 0 Å². The molecule has 1 unspecified atom stereocenters. The third-order valence-electron chi connectivity index (χ3n) is 6.97. The number of amides is 4. The van der Waals surface area contributed by atoms with Crippen LogP contribution in [0.15, 0.2) is 54.6 Å². The third kappa shape index (κ3) is 3.82. The van der Waals surface area contributed by atoms with Crippen LogP contribution in [-0.4, -0.2) is 46.4 Å². The lowest BCUT2D eigenvalue weighted by atomic mass is 9.92. The highest BCUT2D eigenvalue weighted by atomic mass is 19.4. The summed E-state index contributed by atoms with van der Waals surface area (Å²) < 4.78 is 42.1. The zero-order chi connectivity index (χ0) is 24.1. The number of aryl methyl sites for hydroxylation is 1. The summed E-state index contributed by atoms with van der Waals surface area (Å²) in [4.78, 5) is 41.0. The van der Waals surface area contributed by atoms with Crippen LogP contribution in [0.4, 0.5) is 18.0 Å². The Balaban J connectivity index is 1.42. The predicted molar refractivity (Wildman–Crippen MR) is 116 cm³/mol. The van der Waals surface area contributed by atoms with E-state index in [2.05, 4.69) is 5.32 Å². The van der Waals surface area contributed by atoms with Gasteiger partial charge in [0.15, 0.2) is 0 Å². The molecule has 5 rings (SSSR count). The Morgan fingerprint density at radius 3 is 2.44 bits per heavy atom. The summed E-state index contributed by atoms with van der Waals surface area (Å²) in [6.45, 7) is -0.987. The molecule has 1 heterocycles. The van der Waals surface area contributed by atoms with Crippen LogP contribution in [0.2, 0.25) is 0 Å². The molecule has 2 atom stereocenters. The van der Waals surface area contributed by atoms with E-state index in [4.69, 9.17) is 0 Å². The van der Waals surface area contributed by atoms with Crippen LogP contribution in [0.25, 0.3) is 0 Å². The molecular weight excluding hydrogens is 447 g/mol. The first-order valence-electron chi connectivity index (χ1n) is 11.3. The fourth-order valence-electron chi connectivity index (χ4n) is 5.19. The lowest BCUT2D eigenvalue weighted by Crippen LogP contribution is -2.53. The Hall–Kier alpha value is -3.36. The van der Waals surface area contributed by atoms with Crippen molar-refractivity contribution in [2.75, 3.05) is 6.54 Å². The number of halogens is 3. The van der Waals surface area contributed by atoms with Crippen LogP contribution in [0.5, 0.6) is 0 Å². The van der Waals surface area contributed by atoms with Gasteiger partial charge in [-0.15, -0.1) is 0 Å². The molecule has 2 aromatic rings. The minimum atomic E-state index is -4.62. The first-order chi connectivity index (χ1) is 16.2. The van der Waals surface area contributed by atoms with Crippen molar-refractivity contribution < 1.29 is 27.6 Å². The van der Waals surface area contributed by atoms with Crippen molar-refractivity contribution in [3.63, 3.8) is 0 Å². The topological polar surface area (TPSA) is 69.7 Å². The van der Waals surface area contributed by atoms with E-state index in [1.807, 2.05) is 12.1 Å². The average Bonchev–Trinajstić information content (AvgIpc) is 3.52. The molecule has 2 aromatic carbocycles. The van der Waals surface area contributed by atoms with E-state index < -0.39 is 48.1 Å². The minimum Gasteiger partial charge on any atom is -0.324 e. The van der Waals surface area contributed by atoms with Crippen LogP contribution >= 0.6 is 0 Å². The summed E-state index contributed by atoms with van der Waals surface area (Å²) >= 11 is 0. The standard InChI is InChI=1S/C25H24F3N3O3/c26-25(27,28)21(18-10-11-18)30(14-16-6-2-1-3-7-16)20(32)15-31-22(33)24(29-23(31)34)13-12-17-8-4-5-9-19(17)24/h1-9,18,21H,10-15H2,(H,29,34)/t21-,24?/m1/s1. The third-order valence-corrected chi connectivity index (χ3v) is 6.97. The molecule has 6 nitrogen and oxygen atoms in total. The Kier molecular flexibility index (Phi) is 5.37. The number of rotatable bonds is 6. The molecule has 0 aromatic heterocycles. The Bertz CT molecular complexity index is 1130. The molecule has 0 radical (unpaired) electrons. The second kappa shape index (κ2) is 8.14. The van der Waals surface area contributed by atoms with E-state index in [1.54, 1.807) is 42.5 Å². The first kappa shape index (κ1) is 22.4. The number of imide groups is 1. The SMILES string of the molecule is O=C1NC2(CCc3ccccc32)C(=O)N1CC(=O)N(Cc1ccccc1)[C@H](C1CC1)C(F)(F)F. The van der Waals surface area contributed by atoms with E-state index in [0.717, 1.165) is 15.4 Å². The fraction of sp³-hybridized carbons (Fsp3) is 0.400. The van der Waals surface area contributed by atoms with Gasteiger partial charge in [0.05, 0.1) is 0 Å². The quantitative estimate of drug-likeness (QED) is 0.653. The van der Waals surface area contributed by atoms with Gasteiger partial charge >= 0.3 is 12.2 Å². The molecule has 34 heavy (non-hydrogen) atoms. The largest absolute Gasteiger partial charge is 0.409 e. The maximum Gasteiger partial charge on any atom is 0.409 e. The zero-order valence-corrected chi connectivity index (χ0v) is 18.3. The van der Waals surface area contributed by atoms with Gasteiger partial charge in [0.25, 0.3) is 5.91 Å². The lowest BCUT2D eigenvalue weighted by molar-refractivity contribution is -0.196. The summed E-state index contributed by atoms with van der Waals surface area (Å²) in [7, 11) is 0. The van der Waals surface area contributed by atoms with Crippen LogP contribution in [0.3, 0.4) is 0 Å². The molecule has 3 aliphatic rings. The van der Waals surface area contributed by atoms with Crippen molar-refractivity contribution in [1.82, 2.24) is 15.1 Å². The van der Waals surface area contributed by atoms with Crippen molar-refractivity contribution in [1.29, 1.82) is 0 Å². The highest BCUT2D eigenvalue weighted by Crippen LogP contribution is 2.44. The highest BCUT2D eigenvalue weighted by molar-refractivity contribution is 6.10. The molecule has 1 aliphatic heterocycles. The van der Waals surface area contributed by atoms with Gasteiger partial charge in [0.1, 0.15) is 18.1 Å². The van der Waals surface area contributed by atoms with Gasteiger partial charge in [-0.05, 0) is 48.3 Å². The molecule has 1 saturated heterocycles. The molecule has 9 heteroatoms. The van der Waals surface area contributed by atoms with E-state index in [0.29, 0.717) is 36.8 Å². The number of carbonyl (C=O) groups is 3. The number of hydrogen-bond donors (Lipinski definition) is 1. The zero-order valence-electron chi connectivity index (χ0n) is 18.3. The summed E-state index contributed by atoms with van der Waals surface area (Å²) in [5.41, 5.74) is 0.888. The number of urea groups is 1. The average molecular weight is 471 g/mol. The summed E-state index contributed by atoms with van der Waals surface area (Å²) in [6.07, 6.45) is -2.92. The van der Waals surface area contributed by atoms with Gasteiger partial charge in [-0.3, -0.25) is 14.5 Å². The number of nitrogens with one attached hydrogen (secondary N) is 1. The van der Waals surface area contributed by atoms with Crippen LogP contribution in [0, 0.1) is 5.92 Å². The molecule has 178 valence electrons. The second-order valence-electron chi connectivity index (χ2n) is 9.22. The number of benzene rings is 2.